The number of carbonyl (C=O) groups is 1. The molecule has 1 amide bonds. The number of piperidine rings is 1. The molecule has 4 heterocycles. The molecule has 2 aromatic rings. The number of hydrogen-bond acceptors (Lipinski definition) is 4. The number of H-pyrrole nitrogens is 1. The second kappa shape index (κ2) is 6.63. The summed E-state index contributed by atoms with van der Waals surface area (Å²) in [6.45, 7) is 4.99. The fraction of sp³-hybridized carbons (Fsp3) is 0.611. The van der Waals surface area contributed by atoms with Gasteiger partial charge in [0.1, 0.15) is 0 Å². The topological polar surface area (TPSA) is 73.7 Å². The maximum Gasteiger partial charge on any atom is 0.272 e. The van der Waals surface area contributed by atoms with E-state index in [2.05, 4.69) is 10.00 Å². The molecule has 7 nitrogen and oxygen atoms in total. The molecule has 134 valence electrons. The van der Waals surface area contributed by atoms with Gasteiger partial charge in [-0.3, -0.25) is 19.6 Å². The number of fused-ring (bicyclic) bond motifs is 1. The van der Waals surface area contributed by atoms with Gasteiger partial charge in [0.25, 0.3) is 5.56 Å². The average molecular weight is 343 g/mol. The lowest BCUT2D eigenvalue weighted by Gasteiger charge is -2.35. The summed E-state index contributed by atoms with van der Waals surface area (Å²) < 4.78 is 1.47. The highest BCUT2D eigenvalue weighted by atomic mass is 16.2. The third-order valence-electron chi connectivity index (χ3n) is 5.35. The van der Waals surface area contributed by atoms with Crippen molar-refractivity contribution in [1.82, 2.24) is 24.4 Å². The zero-order valence-corrected chi connectivity index (χ0v) is 14.7. The molecule has 1 N–H and O–H groups in total. The molecule has 2 saturated heterocycles. The van der Waals surface area contributed by atoms with Gasteiger partial charge in [0.2, 0.25) is 5.91 Å². The van der Waals surface area contributed by atoms with Gasteiger partial charge in [-0.15, -0.1) is 0 Å². The van der Waals surface area contributed by atoms with E-state index in [4.69, 9.17) is 4.98 Å². The lowest BCUT2D eigenvalue weighted by atomic mass is 9.99. The van der Waals surface area contributed by atoms with E-state index in [-0.39, 0.29) is 17.5 Å². The largest absolute Gasteiger partial charge is 0.342 e. The van der Waals surface area contributed by atoms with Crippen LogP contribution >= 0.6 is 0 Å². The van der Waals surface area contributed by atoms with E-state index < -0.39 is 0 Å². The minimum absolute atomic E-state index is 0.0493. The van der Waals surface area contributed by atoms with Crippen LogP contribution in [0.1, 0.15) is 49.5 Å². The van der Waals surface area contributed by atoms with Crippen molar-refractivity contribution in [3.8, 4) is 0 Å². The Balaban J connectivity index is 1.60. The molecule has 25 heavy (non-hydrogen) atoms. The van der Waals surface area contributed by atoms with E-state index in [1.165, 1.54) is 4.52 Å². The number of aryl methyl sites for hydroxylation is 1. The Kier molecular flexibility index (Phi) is 4.33. The van der Waals surface area contributed by atoms with E-state index in [9.17, 15) is 9.59 Å². The van der Waals surface area contributed by atoms with Crippen LogP contribution in [0.4, 0.5) is 0 Å². The minimum Gasteiger partial charge on any atom is -0.342 e. The summed E-state index contributed by atoms with van der Waals surface area (Å²) in [4.78, 5) is 33.8. The Morgan fingerprint density at radius 2 is 1.96 bits per heavy atom. The number of nitrogens with one attached hydrogen (secondary N) is 1. The molecular weight excluding hydrogens is 318 g/mol. The van der Waals surface area contributed by atoms with E-state index in [1.807, 2.05) is 17.9 Å². The van der Waals surface area contributed by atoms with E-state index in [1.54, 1.807) is 6.07 Å². The molecule has 0 radical (unpaired) electrons. The molecule has 0 aliphatic carbocycles. The summed E-state index contributed by atoms with van der Waals surface area (Å²) in [6.07, 6.45) is 5.36. The van der Waals surface area contributed by atoms with Crippen molar-refractivity contribution in [1.29, 1.82) is 0 Å². The number of likely N-dealkylation sites (tertiary alicyclic amines) is 2. The molecule has 0 bridgehead atoms. The van der Waals surface area contributed by atoms with Crippen LogP contribution in [0.3, 0.4) is 0 Å². The van der Waals surface area contributed by atoms with Gasteiger partial charge in [-0.25, -0.2) is 9.50 Å². The zero-order valence-electron chi connectivity index (χ0n) is 14.7. The number of rotatable bonds is 3. The number of nitrogens with zero attached hydrogens (tertiary/aromatic N) is 4. The fourth-order valence-electron chi connectivity index (χ4n) is 4.06. The molecule has 4 rings (SSSR count). The molecule has 2 fully saturated rings. The van der Waals surface area contributed by atoms with Crippen molar-refractivity contribution in [2.24, 2.45) is 0 Å². The maximum absolute atomic E-state index is 12.6. The summed E-state index contributed by atoms with van der Waals surface area (Å²) in [6, 6.07) is 3.55. The third-order valence-corrected chi connectivity index (χ3v) is 5.35. The first-order valence-electron chi connectivity index (χ1n) is 9.23. The molecule has 0 unspecified atom stereocenters. The van der Waals surface area contributed by atoms with Crippen LogP contribution in [0.25, 0.3) is 5.65 Å². The van der Waals surface area contributed by atoms with Crippen molar-refractivity contribution >= 4 is 11.6 Å². The molecule has 2 aliphatic heterocycles. The summed E-state index contributed by atoms with van der Waals surface area (Å²) >= 11 is 0. The molecule has 7 heteroatoms. The van der Waals surface area contributed by atoms with E-state index in [0.29, 0.717) is 12.2 Å². The fourth-order valence-corrected chi connectivity index (χ4v) is 4.06. The van der Waals surface area contributed by atoms with Gasteiger partial charge in [0.05, 0.1) is 18.3 Å². The highest BCUT2D eigenvalue weighted by Crippen LogP contribution is 2.29. The monoisotopic (exact) mass is 343 g/mol. The van der Waals surface area contributed by atoms with Crippen molar-refractivity contribution < 1.29 is 4.79 Å². The summed E-state index contributed by atoms with van der Waals surface area (Å²) in [7, 11) is 0. The average Bonchev–Trinajstić information content (AvgIpc) is 3.24. The van der Waals surface area contributed by atoms with Crippen LogP contribution in [0, 0.1) is 6.92 Å². The molecule has 2 aliphatic rings. The lowest BCUT2D eigenvalue weighted by molar-refractivity contribution is -0.132. The third kappa shape index (κ3) is 3.20. The first kappa shape index (κ1) is 16.3. The second-order valence-corrected chi connectivity index (χ2v) is 7.22. The van der Waals surface area contributed by atoms with Gasteiger partial charge >= 0.3 is 0 Å². The van der Waals surface area contributed by atoms with Crippen LogP contribution in [-0.2, 0) is 4.79 Å². The predicted octanol–water partition coefficient (Wildman–Crippen LogP) is 1.48. The van der Waals surface area contributed by atoms with Crippen LogP contribution in [0.5, 0.6) is 0 Å². The summed E-state index contributed by atoms with van der Waals surface area (Å²) in [5.41, 5.74) is 2.25. The van der Waals surface area contributed by atoms with Crippen LogP contribution in [-0.4, -0.2) is 56.5 Å². The number of aromatic nitrogens is 3. The van der Waals surface area contributed by atoms with Gasteiger partial charge in [-0.2, -0.15) is 0 Å². The van der Waals surface area contributed by atoms with E-state index >= 15 is 0 Å². The standard InChI is InChI=1S/C18H25N5O2/c1-13-10-16-19-14(11-17(24)23(16)20-13)15-6-2-3-9-22(15)12-18(25)21-7-4-5-8-21/h10-11,15,20H,2-9,12H2,1H3/t15-/m1/s1. The van der Waals surface area contributed by atoms with Crippen molar-refractivity contribution in [2.75, 3.05) is 26.2 Å². The van der Waals surface area contributed by atoms with Crippen molar-refractivity contribution in [2.45, 2.75) is 45.1 Å². The second-order valence-electron chi connectivity index (χ2n) is 7.22. The summed E-state index contributed by atoms with van der Waals surface area (Å²) in [5.74, 6) is 0.208. The van der Waals surface area contributed by atoms with Crippen LogP contribution in [0.15, 0.2) is 16.9 Å². The first-order valence-corrected chi connectivity index (χ1v) is 9.23. The molecular formula is C18H25N5O2. The van der Waals surface area contributed by atoms with Gasteiger partial charge in [0.15, 0.2) is 5.65 Å². The van der Waals surface area contributed by atoms with Crippen LogP contribution < -0.4 is 5.56 Å². The van der Waals surface area contributed by atoms with Crippen molar-refractivity contribution in [3.63, 3.8) is 0 Å². The molecule has 0 spiro atoms. The molecule has 0 aromatic carbocycles. The quantitative estimate of drug-likeness (QED) is 0.916. The highest BCUT2D eigenvalue weighted by Gasteiger charge is 2.29. The molecule has 1 atom stereocenters. The normalized spacial score (nSPS) is 22.0. The number of amides is 1. The minimum atomic E-state index is -0.0931. The highest BCUT2D eigenvalue weighted by molar-refractivity contribution is 5.78. The molecule has 0 saturated carbocycles. The number of aromatic amines is 1. The molecule has 2 aromatic heterocycles. The van der Waals surface area contributed by atoms with Gasteiger partial charge in [-0.05, 0) is 39.2 Å². The summed E-state index contributed by atoms with van der Waals surface area (Å²) in [5, 5.41) is 3.00. The smallest absolute Gasteiger partial charge is 0.272 e. The zero-order chi connectivity index (χ0) is 17.4. The first-order chi connectivity index (χ1) is 12.1. The Morgan fingerprint density at radius 1 is 1.20 bits per heavy atom. The predicted molar refractivity (Wildman–Crippen MR) is 94.5 cm³/mol. The van der Waals surface area contributed by atoms with E-state index in [0.717, 1.165) is 63.1 Å². The SMILES string of the molecule is Cc1cc2nc([C@H]3CCCCN3CC(=O)N3CCCC3)cc(=O)n2[nH]1. The van der Waals surface area contributed by atoms with Crippen LogP contribution in [0.2, 0.25) is 0 Å². The van der Waals surface area contributed by atoms with Gasteiger partial charge < -0.3 is 4.90 Å². The lowest BCUT2D eigenvalue weighted by Crippen LogP contribution is -2.43. The Labute approximate surface area is 146 Å². The number of hydrogen-bond donors (Lipinski definition) is 1. The Morgan fingerprint density at radius 3 is 2.76 bits per heavy atom. The number of carbonyl (C=O) groups excluding carboxylic acids is 1. The maximum atomic E-state index is 12.6. The van der Waals surface area contributed by atoms with Gasteiger partial charge in [0, 0.05) is 30.9 Å². The Hall–Kier alpha value is -2.15. The Bertz CT molecular complexity index is 834. The van der Waals surface area contributed by atoms with Crippen molar-refractivity contribution in [3.05, 3.63) is 33.9 Å². The van der Waals surface area contributed by atoms with Gasteiger partial charge in [-0.1, -0.05) is 6.42 Å².